The van der Waals surface area contributed by atoms with Crippen molar-refractivity contribution in [2.45, 2.75) is 0 Å². The van der Waals surface area contributed by atoms with Gasteiger partial charge in [-0.15, -0.1) is 0 Å². The highest BCUT2D eigenvalue weighted by atomic mass is 16.2. The number of carbonyl (C=O) groups is 2. The number of hydrogen-bond acceptors (Lipinski definition) is 4. The van der Waals surface area contributed by atoms with E-state index in [0.717, 1.165) is 11.1 Å². The highest BCUT2D eigenvalue weighted by Gasteiger charge is 2.02. The van der Waals surface area contributed by atoms with E-state index in [4.69, 9.17) is 0 Å². The molecule has 0 aliphatic carbocycles. The quantitative estimate of drug-likeness (QED) is 0.155. The van der Waals surface area contributed by atoms with Gasteiger partial charge < -0.3 is 0 Å². The average molecular weight is 503 g/mol. The molecule has 0 saturated carbocycles. The second-order valence-corrected chi connectivity index (χ2v) is 7.87. The molecule has 4 aromatic rings. The molecule has 3 N–H and O–H groups in total. The number of rotatable bonds is 9. The van der Waals surface area contributed by atoms with Crippen LogP contribution in [0.3, 0.4) is 0 Å². The van der Waals surface area contributed by atoms with Gasteiger partial charge in [0.25, 0.3) is 11.8 Å². The SMILES string of the molecule is O=C(N/N=C/C=C/c1ccccc1)c1ccccc1.O=C(NNC/C=C/c1ccccc1)c1ccccc1. The Balaban J connectivity index is 0.000000211. The third-order valence-corrected chi connectivity index (χ3v) is 5.02. The van der Waals surface area contributed by atoms with Gasteiger partial charge >= 0.3 is 0 Å². The van der Waals surface area contributed by atoms with E-state index in [1.54, 1.807) is 36.6 Å². The summed E-state index contributed by atoms with van der Waals surface area (Å²) < 4.78 is 0. The molecule has 0 spiro atoms. The second kappa shape index (κ2) is 16.6. The predicted molar refractivity (Wildman–Crippen MR) is 155 cm³/mol. The lowest BCUT2D eigenvalue weighted by molar-refractivity contribution is 0.0932. The van der Waals surface area contributed by atoms with E-state index in [1.165, 1.54) is 0 Å². The third kappa shape index (κ3) is 10.7. The van der Waals surface area contributed by atoms with Crippen molar-refractivity contribution in [3.05, 3.63) is 156 Å². The van der Waals surface area contributed by atoms with Crippen molar-refractivity contribution < 1.29 is 9.59 Å². The Labute approximate surface area is 223 Å². The number of hydrazone groups is 1. The number of benzene rings is 4. The molecule has 0 aliphatic rings. The highest BCUT2D eigenvalue weighted by Crippen LogP contribution is 2.01. The van der Waals surface area contributed by atoms with Crippen LogP contribution in [-0.4, -0.2) is 24.6 Å². The maximum Gasteiger partial charge on any atom is 0.271 e. The van der Waals surface area contributed by atoms with Crippen LogP contribution < -0.4 is 16.3 Å². The van der Waals surface area contributed by atoms with Crippen LogP contribution in [-0.2, 0) is 0 Å². The molecule has 0 aromatic heterocycles. The van der Waals surface area contributed by atoms with Gasteiger partial charge in [0, 0.05) is 23.9 Å². The van der Waals surface area contributed by atoms with Gasteiger partial charge in [0.1, 0.15) is 0 Å². The van der Waals surface area contributed by atoms with Crippen LogP contribution in [0.1, 0.15) is 31.8 Å². The number of nitrogens with one attached hydrogen (secondary N) is 3. The lowest BCUT2D eigenvalue weighted by atomic mass is 10.2. The lowest BCUT2D eigenvalue weighted by Gasteiger charge is -2.04. The lowest BCUT2D eigenvalue weighted by Crippen LogP contribution is -2.37. The Hall–Kier alpha value is -5.07. The first-order valence-corrected chi connectivity index (χ1v) is 12.1. The van der Waals surface area contributed by atoms with Crippen LogP contribution in [0.25, 0.3) is 12.2 Å². The van der Waals surface area contributed by atoms with Crippen molar-refractivity contribution in [3.63, 3.8) is 0 Å². The van der Waals surface area contributed by atoms with Crippen molar-refractivity contribution in [1.29, 1.82) is 0 Å². The smallest absolute Gasteiger partial charge is 0.271 e. The summed E-state index contributed by atoms with van der Waals surface area (Å²) in [6.45, 7) is 0.577. The van der Waals surface area contributed by atoms with Crippen LogP contribution in [0.5, 0.6) is 0 Å². The summed E-state index contributed by atoms with van der Waals surface area (Å²) in [6, 6.07) is 38.0. The van der Waals surface area contributed by atoms with Crippen molar-refractivity contribution >= 4 is 30.2 Å². The van der Waals surface area contributed by atoms with Crippen LogP contribution in [0.2, 0.25) is 0 Å². The molecular formula is C32H30N4O2. The summed E-state index contributed by atoms with van der Waals surface area (Å²) in [7, 11) is 0. The maximum atomic E-state index is 11.7. The molecule has 0 saturated heterocycles. The van der Waals surface area contributed by atoms with Crippen LogP contribution in [0.4, 0.5) is 0 Å². The molecule has 0 aliphatic heterocycles. The standard InChI is InChI=1S/C16H16N2O.C16H14N2O/c2*19-16(15-11-5-2-6-12-15)18-17-13-7-10-14-8-3-1-4-9-14/h1-12,17H,13H2,(H,18,19);1-13H,(H,18,19)/b10-7+;10-7+,17-13+. The zero-order valence-electron chi connectivity index (χ0n) is 20.9. The molecular weight excluding hydrogens is 472 g/mol. The van der Waals surface area contributed by atoms with Gasteiger partial charge in [-0.05, 0) is 41.5 Å². The van der Waals surface area contributed by atoms with Crippen molar-refractivity contribution in [2.75, 3.05) is 6.54 Å². The van der Waals surface area contributed by atoms with Gasteiger partial charge in [0.15, 0.2) is 0 Å². The summed E-state index contributed by atoms with van der Waals surface area (Å²) in [5, 5.41) is 3.85. The van der Waals surface area contributed by atoms with E-state index in [9.17, 15) is 9.59 Å². The Morgan fingerprint density at radius 1 is 0.605 bits per heavy atom. The third-order valence-electron chi connectivity index (χ3n) is 5.02. The number of allylic oxidation sites excluding steroid dienone is 1. The summed E-state index contributed by atoms with van der Waals surface area (Å²) in [6.07, 6.45) is 9.20. The Bertz CT molecular complexity index is 1320. The van der Waals surface area contributed by atoms with E-state index in [1.807, 2.05) is 115 Å². The molecule has 0 heterocycles. The van der Waals surface area contributed by atoms with Crippen LogP contribution in [0, 0.1) is 0 Å². The fourth-order valence-electron chi connectivity index (χ4n) is 3.12. The molecule has 0 atom stereocenters. The molecule has 6 nitrogen and oxygen atoms in total. The molecule has 38 heavy (non-hydrogen) atoms. The molecule has 4 rings (SSSR count). The molecule has 4 aromatic carbocycles. The minimum Gasteiger partial charge on any atom is -0.287 e. The summed E-state index contributed by atoms with van der Waals surface area (Å²) >= 11 is 0. The largest absolute Gasteiger partial charge is 0.287 e. The molecule has 190 valence electrons. The number of carbonyl (C=O) groups excluding carboxylic acids is 2. The van der Waals surface area contributed by atoms with Gasteiger partial charge in [-0.2, -0.15) is 5.10 Å². The molecule has 0 bridgehead atoms. The zero-order valence-corrected chi connectivity index (χ0v) is 20.9. The second-order valence-electron chi connectivity index (χ2n) is 7.87. The molecule has 0 radical (unpaired) electrons. The summed E-state index contributed by atoms with van der Waals surface area (Å²) in [5.74, 6) is -0.348. The van der Waals surface area contributed by atoms with E-state index in [0.29, 0.717) is 17.7 Å². The minimum absolute atomic E-state index is 0.131. The molecule has 6 heteroatoms. The average Bonchev–Trinajstić information content (AvgIpc) is 2.99. The fourth-order valence-corrected chi connectivity index (χ4v) is 3.12. The summed E-state index contributed by atoms with van der Waals surface area (Å²) in [4.78, 5) is 23.3. The van der Waals surface area contributed by atoms with E-state index in [-0.39, 0.29) is 11.8 Å². The summed E-state index contributed by atoms with van der Waals surface area (Å²) in [5.41, 5.74) is 11.4. The van der Waals surface area contributed by atoms with Crippen LogP contribution in [0.15, 0.2) is 139 Å². The monoisotopic (exact) mass is 502 g/mol. The number of hydrogen-bond donors (Lipinski definition) is 3. The van der Waals surface area contributed by atoms with Gasteiger partial charge in [-0.1, -0.05) is 115 Å². The molecule has 0 fully saturated rings. The zero-order chi connectivity index (χ0) is 26.7. The number of amides is 2. The van der Waals surface area contributed by atoms with E-state index >= 15 is 0 Å². The highest BCUT2D eigenvalue weighted by molar-refractivity contribution is 5.94. The maximum absolute atomic E-state index is 11.7. The van der Waals surface area contributed by atoms with E-state index in [2.05, 4.69) is 21.4 Å². The fraction of sp³-hybridized carbons (Fsp3) is 0.0312. The van der Waals surface area contributed by atoms with Crippen LogP contribution >= 0.6 is 0 Å². The Morgan fingerprint density at radius 3 is 1.63 bits per heavy atom. The van der Waals surface area contributed by atoms with E-state index < -0.39 is 0 Å². The molecule has 2 amide bonds. The van der Waals surface area contributed by atoms with Gasteiger partial charge in [-0.3, -0.25) is 15.0 Å². The van der Waals surface area contributed by atoms with Crippen molar-refractivity contribution in [3.8, 4) is 0 Å². The first-order valence-electron chi connectivity index (χ1n) is 12.1. The first kappa shape index (κ1) is 27.5. The van der Waals surface area contributed by atoms with Crippen molar-refractivity contribution in [1.82, 2.24) is 16.3 Å². The first-order chi connectivity index (χ1) is 18.7. The number of hydrazine groups is 1. The predicted octanol–water partition coefficient (Wildman–Crippen LogP) is 5.75. The Kier molecular flexibility index (Phi) is 12.0. The van der Waals surface area contributed by atoms with Gasteiger partial charge in [0.2, 0.25) is 0 Å². The van der Waals surface area contributed by atoms with Gasteiger partial charge in [0.05, 0.1) is 0 Å². The van der Waals surface area contributed by atoms with Gasteiger partial charge in [-0.25, -0.2) is 10.9 Å². The Morgan fingerprint density at radius 2 is 1.08 bits per heavy atom. The normalized spacial score (nSPS) is 10.7. The van der Waals surface area contributed by atoms with Crippen molar-refractivity contribution in [2.24, 2.45) is 5.10 Å². The number of nitrogens with zero attached hydrogens (tertiary/aromatic N) is 1. The topological polar surface area (TPSA) is 82.6 Å². The minimum atomic E-state index is -0.218. The molecule has 0 unspecified atom stereocenters.